The first-order valence-corrected chi connectivity index (χ1v) is 10.5. The minimum absolute atomic E-state index is 0.0282. The molecule has 2 heterocycles. The van der Waals surface area contributed by atoms with Crippen molar-refractivity contribution in [2.45, 2.75) is 12.5 Å². The average molecular weight is 403 g/mol. The Morgan fingerprint density at radius 3 is 2.23 bits per heavy atom. The average Bonchev–Trinajstić information content (AvgIpc) is 2.81. The molecule has 1 aliphatic rings. The van der Waals surface area contributed by atoms with Crippen molar-refractivity contribution in [2.75, 3.05) is 37.6 Å². The van der Waals surface area contributed by atoms with E-state index in [0.717, 1.165) is 44.1 Å². The van der Waals surface area contributed by atoms with Crippen LogP contribution in [0.15, 0.2) is 79.1 Å². The summed E-state index contributed by atoms with van der Waals surface area (Å²) in [5.74, 6) is 0.868. The van der Waals surface area contributed by atoms with Crippen LogP contribution < -0.4 is 15.1 Å². The third-order valence-electron chi connectivity index (χ3n) is 5.54. The van der Waals surface area contributed by atoms with Gasteiger partial charge in [-0.3, -0.25) is 4.79 Å². The van der Waals surface area contributed by atoms with Crippen LogP contribution in [0.3, 0.4) is 0 Å². The highest BCUT2D eigenvalue weighted by molar-refractivity contribution is 5.77. The zero-order valence-corrected chi connectivity index (χ0v) is 17.1. The first kappa shape index (κ1) is 20.0. The van der Waals surface area contributed by atoms with E-state index in [1.807, 2.05) is 42.5 Å². The molecule has 0 aliphatic carbocycles. The van der Waals surface area contributed by atoms with Gasteiger partial charge in [0, 0.05) is 12.4 Å². The Balaban J connectivity index is 1.34. The Morgan fingerprint density at radius 1 is 0.933 bits per heavy atom. The van der Waals surface area contributed by atoms with E-state index >= 15 is 0 Å². The van der Waals surface area contributed by atoms with E-state index in [1.54, 1.807) is 12.4 Å². The maximum atomic E-state index is 12.9. The molecule has 1 saturated heterocycles. The summed E-state index contributed by atoms with van der Waals surface area (Å²) < 4.78 is 0. The molecule has 6 nitrogen and oxygen atoms in total. The molecule has 0 radical (unpaired) electrons. The van der Waals surface area contributed by atoms with Crippen LogP contribution in [-0.2, 0) is 11.2 Å². The van der Waals surface area contributed by atoms with Gasteiger partial charge in [-0.05, 0) is 23.6 Å². The maximum absolute atomic E-state index is 12.9. The topological polar surface area (TPSA) is 62.6 Å². The molecular formula is C24H28N5O+. The zero-order valence-electron chi connectivity index (χ0n) is 17.1. The molecule has 0 spiro atoms. The van der Waals surface area contributed by atoms with Crippen molar-refractivity contribution in [1.29, 1.82) is 0 Å². The second-order valence-electron chi connectivity index (χ2n) is 7.68. The lowest BCUT2D eigenvalue weighted by Gasteiger charge is -2.32. The van der Waals surface area contributed by atoms with Crippen molar-refractivity contribution < 1.29 is 9.69 Å². The van der Waals surface area contributed by atoms with Crippen LogP contribution in [0.2, 0.25) is 0 Å². The van der Waals surface area contributed by atoms with E-state index < -0.39 is 0 Å². The summed E-state index contributed by atoms with van der Waals surface area (Å²) in [6.07, 6.45) is 4.32. The Hall–Kier alpha value is -3.25. The molecule has 1 aliphatic heterocycles. The van der Waals surface area contributed by atoms with Crippen molar-refractivity contribution >= 4 is 11.9 Å². The SMILES string of the molecule is O=C(C[NH+]1CCN(c2ncccn2)CC1)N[C@H](Cc1ccccc1)c1ccccc1. The third-order valence-corrected chi connectivity index (χ3v) is 5.54. The molecule has 2 N–H and O–H groups in total. The maximum Gasteiger partial charge on any atom is 0.275 e. The standard InChI is InChI=1S/C24H27N5O/c30-23(19-28-14-16-29(17-15-28)24-25-12-7-13-26-24)27-22(21-10-5-2-6-11-21)18-20-8-3-1-4-9-20/h1-13,22H,14-19H2,(H,27,30)/p+1/t22-/m1/s1. The summed E-state index contributed by atoms with van der Waals surface area (Å²) in [5, 5.41) is 3.27. The van der Waals surface area contributed by atoms with E-state index in [4.69, 9.17) is 0 Å². The van der Waals surface area contributed by atoms with Crippen molar-refractivity contribution in [2.24, 2.45) is 0 Å². The minimum atomic E-state index is -0.0282. The van der Waals surface area contributed by atoms with Crippen LogP contribution in [0.5, 0.6) is 0 Å². The van der Waals surface area contributed by atoms with E-state index in [9.17, 15) is 4.79 Å². The predicted octanol–water partition coefficient (Wildman–Crippen LogP) is 1.28. The van der Waals surface area contributed by atoms with Gasteiger partial charge < -0.3 is 15.1 Å². The van der Waals surface area contributed by atoms with Crippen LogP contribution in [-0.4, -0.2) is 48.6 Å². The Bertz CT molecular complexity index is 912. The second-order valence-corrected chi connectivity index (χ2v) is 7.68. The highest BCUT2D eigenvalue weighted by Crippen LogP contribution is 2.18. The van der Waals surface area contributed by atoms with Crippen molar-refractivity contribution in [3.63, 3.8) is 0 Å². The summed E-state index contributed by atoms with van der Waals surface area (Å²) in [6.45, 7) is 4.01. The van der Waals surface area contributed by atoms with Crippen molar-refractivity contribution in [3.05, 3.63) is 90.3 Å². The number of rotatable bonds is 7. The molecule has 1 amide bonds. The molecule has 0 bridgehead atoms. The minimum Gasteiger partial charge on any atom is -0.344 e. The Kier molecular flexibility index (Phi) is 6.67. The van der Waals surface area contributed by atoms with Gasteiger partial charge in [0.2, 0.25) is 5.95 Å². The van der Waals surface area contributed by atoms with Gasteiger partial charge >= 0.3 is 0 Å². The number of amides is 1. The largest absolute Gasteiger partial charge is 0.344 e. The van der Waals surface area contributed by atoms with Crippen LogP contribution in [0, 0.1) is 0 Å². The monoisotopic (exact) mass is 402 g/mol. The fourth-order valence-electron chi connectivity index (χ4n) is 3.91. The summed E-state index contributed by atoms with van der Waals surface area (Å²) in [6, 6.07) is 22.3. The molecule has 1 atom stereocenters. The van der Waals surface area contributed by atoms with Gasteiger partial charge in [0.25, 0.3) is 5.91 Å². The van der Waals surface area contributed by atoms with Gasteiger partial charge in [0.05, 0.1) is 32.2 Å². The number of anilines is 1. The van der Waals surface area contributed by atoms with E-state index in [0.29, 0.717) is 6.54 Å². The smallest absolute Gasteiger partial charge is 0.275 e. The van der Waals surface area contributed by atoms with E-state index in [2.05, 4.69) is 44.5 Å². The number of piperazine rings is 1. The van der Waals surface area contributed by atoms with Gasteiger partial charge in [-0.1, -0.05) is 60.7 Å². The lowest BCUT2D eigenvalue weighted by molar-refractivity contribution is -0.892. The molecule has 3 aromatic rings. The molecule has 1 fully saturated rings. The van der Waals surface area contributed by atoms with Crippen LogP contribution >= 0.6 is 0 Å². The summed E-state index contributed by atoms with van der Waals surface area (Å²) in [4.78, 5) is 25.0. The molecule has 154 valence electrons. The molecular weight excluding hydrogens is 374 g/mol. The quantitative estimate of drug-likeness (QED) is 0.625. The normalized spacial score (nSPS) is 15.5. The molecule has 4 rings (SSSR count). The van der Waals surface area contributed by atoms with Gasteiger partial charge in [0.15, 0.2) is 6.54 Å². The van der Waals surface area contributed by atoms with Gasteiger partial charge in [-0.15, -0.1) is 0 Å². The summed E-state index contributed by atoms with van der Waals surface area (Å²) >= 11 is 0. The fraction of sp³-hybridized carbons (Fsp3) is 0.292. The first-order valence-electron chi connectivity index (χ1n) is 10.5. The van der Waals surface area contributed by atoms with Gasteiger partial charge in [-0.2, -0.15) is 0 Å². The van der Waals surface area contributed by atoms with E-state index in [1.165, 1.54) is 10.5 Å². The van der Waals surface area contributed by atoms with Crippen LogP contribution in [0.4, 0.5) is 5.95 Å². The Labute approximate surface area is 177 Å². The highest BCUT2D eigenvalue weighted by atomic mass is 16.2. The highest BCUT2D eigenvalue weighted by Gasteiger charge is 2.25. The lowest BCUT2D eigenvalue weighted by Crippen LogP contribution is -3.16. The van der Waals surface area contributed by atoms with E-state index in [-0.39, 0.29) is 11.9 Å². The zero-order chi connectivity index (χ0) is 20.6. The van der Waals surface area contributed by atoms with Crippen molar-refractivity contribution in [3.8, 4) is 0 Å². The van der Waals surface area contributed by atoms with Crippen LogP contribution in [0.25, 0.3) is 0 Å². The number of hydrogen-bond donors (Lipinski definition) is 2. The van der Waals surface area contributed by atoms with Crippen LogP contribution in [0.1, 0.15) is 17.2 Å². The fourth-order valence-corrected chi connectivity index (χ4v) is 3.91. The molecule has 30 heavy (non-hydrogen) atoms. The lowest BCUT2D eigenvalue weighted by atomic mass is 9.99. The number of carbonyl (C=O) groups is 1. The number of nitrogens with one attached hydrogen (secondary N) is 2. The number of nitrogens with zero attached hydrogens (tertiary/aromatic N) is 3. The summed E-state index contributed by atoms with van der Waals surface area (Å²) in [5.41, 5.74) is 2.35. The molecule has 2 aromatic carbocycles. The number of hydrogen-bond acceptors (Lipinski definition) is 4. The molecule has 6 heteroatoms. The molecule has 0 saturated carbocycles. The first-order chi connectivity index (χ1) is 14.8. The predicted molar refractivity (Wildman–Crippen MR) is 117 cm³/mol. The number of carbonyl (C=O) groups excluding carboxylic acids is 1. The van der Waals surface area contributed by atoms with Gasteiger partial charge in [0.1, 0.15) is 0 Å². The summed E-state index contributed by atoms with van der Waals surface area (Å²) in [7, 11) is 0. The second kappa shape index (κ2) is 9.98. The third kappa shape index (κ3) is 5.42. The van der Waals surface area contributed by atoms with Gasteiger partial charge in [-0.25, -0.2) is 9.97 Å². The van der Waals surface area contributed by atoms with Crippen molar-refractivity contribution in [1.82, 2.24) is 15.3 Å². The Morgan fingerprint density at radius 2 is 1.57 bits per heavy atom. The molecule has 1 aromatic heterocycles. The number of benzene rings is 2. The molecule has 0 unspecified atom stereocenters. The number of quaternary nitrogens is 1. The number of aromatic nitrogens is 2.